The number of hydrogen-bond acceptors (Lipinski definition) is 6. The molecule has 38 heavy (non-hydrogen) atoms. The molecule has 1 saturated carbocycles. The van der Waals surface area contributed by atoms with Crippen molar-refractivity contribution in [2.45, 2.75) is 88.6 Å². The van der Waals surface area contributed by atoms with E-state index in [0.717, 1.165) is 31.6 Å². The van der Waals surface area contributed by atoms with Crippen molar-refractivity contribution < 1.29 is 17.9 Å². The van der Waals surface area contributed by atoms with E-state index in [-0.39, 0.29) is 24.9 Å². The lowest BCUT2D eigenvalue weighted by atomic mass is 9.90. The maximum absolute atomic E-state index is 13.2. The maximum Gasteiger partial charge on any atom is 0.243 e. The molecule has 3 fully saturated rings. The van der Waals surface area contributed by atoms with Crippen LogP contribution in [0.15, 0.2) is 17.0 Å². The molecule has 1 amide bonds. The van der Waals surface area contributed by atoms with Crippen molar-refractivity contribution >= 4 is 15.9 Å². The van der Waals surface area contributed by atoms with Crippen LogP contribution in [0.3, 0.4) is 0 Å². The van der Waals surface area contributed by atoms with Gasteiger partial charge < -0.3 is 19.9 Å². The molecule has 1 aromatic rings. The standard InChI is InChI=1S/C29H48N4O4S/c1-22-19-27(37-4)20-23(2)29(22)38(35,36)31(3)16-13-28(34)30-25-7-9-26(10-8-25)33-18-12-24(21-33)11-17-32-14-5-6-15-32/h19-20,24-26H,5-18,21H2,1-4H3,(H,30,34). The Labute approximate surface area is 230 Å². The van der Waals surface area contributed by atoms with Crippen LogP contribution in [0.5, 0.6) is 5.75 Å². The number of benzene rings is 1. The van der Waals surface area contributed by atoms with Crippen LogP contribution in [0.1, 0.15) is 68.9 Å². The Bertz CT molecular complexity index is 1030. The monoisotopic (exact) mass is 548 g/mol. The summed E-state index contributed by atoms with van der Waals surface area (Å²) >= 11 is 0. The second kappa shape index (κ2) is 13.1. The summed E-state index contributed by atoms with van der Waals surface area (Å²) in [5.74, 6) is 1.41. The van der Waals surface area contributed by atoms with Crippen LogP contribution in [-0.4, -0.2) is 93.9 Å². The zero-order valence-electron chi connectivity index (χ0n) is 23.9. The highest BCUT2D eigenvalue weighted by atomic mass is 32.2. The average molecular weight is 549 g/mol. The summed E-state index contributed by atoms with van der Waals surface area (Å²) in [6.07, 6.45) is 9.84. The van der Waals surface area contributed by atoms with Crippen molar-refractivity contribution in [3.63, 3.8) is 0 Å². The van der Waals surface area contributed by atoms with Gasteiger partial charge in [0.1, 0.15) is 5.75 Å². The van der Waals surface area contributed by atoms with Gasteiger partial charge in [-0.15, -0.1) is 0 Å². The number of nitrogens with zero attached hydrogens (tertiary/aromatic N) is 3. The van der Waals surface area contributed by atoms with Gasteiger partial charge in [0.05, 0.1) is 12.0 Å². The van der Waals surface area contributed by atoms with Gasteiger partial charge in [0.2, 0.25) is 15.9 Å². The third kappa shape index (κ3) is 7.29. The first-order chi connectivity index (χ1) is 18.2. The molecule has 3 aliphatic rings. The zero-order valence-corrected chi connectivity index (χ0v) is 24.7. The third-order valence-corrected chi connectivity index (χ3v) is 11.1. The number of hydrogen-bond donors (Lipinski definition) is 1. The van der Waals surface area contributed by atoms with Crippen LogP contribution < -0.4 is 10.1 Å². The molecule has 1 N–H and O–H groups in total. The van der Waals surface area contributed by atoms with Crippen molar-refractivity contribution in [1.29, 1.82) is 0 Å². The maximum atomic E-state index is 13.2. The molecule has 2 aliphatic heterocycles. The number of sulfonamides is 1. The molecule has 214 valence electrons. The van der Waals surface area contributed by atoms with Crippen LogP contribution in [0.2, 0.25) is 0 Å². The molecular weight excluding hydrogens is 500 g/mol. The van der Waals surface area contributed by atoms with Gasteiger partial charge in [-0.2, -0.15) is 0 Å². The minimum atomic E-state index is -3.70. The lowest BCUT2D eigenvalue weighted by molar-refractivity contribution is -0.122. The number of likely N-dealkylation sites (tertiary alicyclic amines) is 2. The van der Waals surface area contributed by atoms with E-state index < -0.39 is 10.0 Å². The van der Waals surface area contributed by atoms with Gasteiger partial charge in [0.25, 0.3) is 0 Å². The van der Waals surface area contributed by atoms with Crippen molar-refractivity contribution in [3.8, 4) is 5.75 Å². The highest BCUT2D eigenvalue weighted by Gasteiger charge is 2.32. The molecular formula is C29H48N4O4S. The van der Waals surface area contributed by atoms with E-state index in [2.05, 4.69) is 15.1 Å². The van der Waals surface area contributed by atoms with E-state index in [4.69, 9.17) is 4.74 Å². The number of rotatable bonds is 11. The summed E-state index contributed by atoms with van der Waals surface area (Å²) in [7, 11) is -0.580. The average Bonchev–Trinajstić information content (AvgIpc) is 3.58. The molecule has 0 bridgehead atoms. The van der Waals surface area contributed by atoms with E-state index in [9.17, 15) is 13.2 Å². The van der Waals surface area contributed by atoms with E-state index >= 15 is 0 Å². The summed E-state index contributed by atoms with van der Waals surface area (Å²) in [5, 5.41) is 3.17. The second-order valence-electron chi connectivity index (χ2n) is 11.7. The smallest absolute Gasteiger partial charge is 0.243 e. The fraction of sp³-hybridized carbons (Fsp3) is 0.759. The normalized spacial score (nSPS) is 25.2. The van der Waals surface area contributed by atoms with Crippen LogP contribution in [0.25, 0.3) is 0 Å². The molecule has 0 spiro atoms. The Hall–Kier alpha value is -1.68. The van der Waals surface area contributed by atoms with Crippen LogP contribution in [-0.2, 0) is 14.8 Å². The highest BCUT2D eigenvalue weighted by Crippen LogP contribution is 2.30. The fourth-order valence-corrected chi connectivity index (χ4v) is 8.23. The zero-order chi connectivity index (χ0) is 27.3. The summed E-state index contributed by atoms with van der Waals surface area (Å²) in [6, 6.07) is 4.30. The molecule has 1 aromatic carbocycles. The number of methoxy groups -OCH3 is 1. The molecule has 1 aliphatic carbocycles. The topological polar surface area (TPSA) is 82.2 Å². The van der Waals surface area contributed by atoms with E-state index in [1.807, 2.05) is 0 Å². The van der Waals surface area contributed by atoms with Crippen LogP contribution in [0, 0.1) is 19.8 Å². The van der Waals surface area contributed by atoms with Crippen molar-refractivity contribution in [2.24, 2.45) is 5.92 Å². The predicted octanol–water partition coefficient (Wildman–Crippen LogP) is 3.56. The number of carbonyl (C=O) groups is 1. The molecule has 1 atom stereocenters. The van der Waals surface area contributed by atoms with Gasteiger partial charge in [-0.05, 0) is 121 Å². The lowest BCUT2D eigenvalue weighted by Gasteiger charge is -2.35. The molecule has 2 heterocycles. The fourth-order valence-electron chi connectivity index (χ4n) is 6.66. The molecule has 9 heteroatoms. The molecule has 2 saturated heterocycles. The van der Waals surface area contributed by atoms with Crippen molar-refractivity contribution in [3.05, 3.63) is 23.3 Å². The van der Waals surface area contributed by atoms with Gasteiger partial charge in [0.15, 0.2) is 0 Å². The number of amides is 1. The number of ether oxygens (including phenoxy) is 1. The first-order valence-corrected chi connectivity index (χ1v) is 16.0. The Morgan fingerprint density at radius 1 is 1.05 bits per heavy atom. The Morgan fingerprint density at radius 2 is 1.71 bits per heavy atom. The van der Waals surface area contributed by atoms with Gasteiger partial charge in [-0.1, -0.05) is 0 Å². The summed E-state index contributed by atoms with van der Waals surface area (Å²) in [6.45, 7) is 10.0. The first-order valence-electron chi connectivity index (χ1n) is 14.5. The first kappa shape index (κ1) is 29.3. The SMILES string of the molecule is COc1cc(C)c(S(=O)(=O)N(C)CCC(=O)NC2CCC(N3CCC(CCN4CCCC4)C3)CC2)c(C)c1. The Balaban J connectivity index is 1.17. The van der Waals surface area contributed by atoms with E-state index in [0.29, 0.717) is 27.8 Å². The highest BCUT2D eigenvalue weighted by molar-refractivity contribution is 7.89. The van der Waals surface area contributed by atoms with Gasteiger partial charge >= 0.3 is 0 Å². The second-order valence-corrected chi connectivity index (χ2v) is 13.7. The van der Waals surface area contributed by atoms with Crippen molar-refractivity contribution in [2.75, 3.05) is 53.4 Å². The van der Waals surface area contributed by atoms with Crippen molar-refractivity contribution in [1.82, 2.24) is 19.4 Å². The van der Waals surface area contributed by atoms with Gasteiger partial charge in [-0.3, -0.25) is 4.79 Å². The quantitative estimate of drug-likeness (QED) is 0.456. The Morgan fingerprint density at radius 3 is 2.34 bits per heavy atom. The molecule has 4 rings (SSSR count). The van der Waals surface area contributed by atoms with Gasteiger partial charge in [-0.25, -0.2) is 12.7 Å². The molecule has 1 unspecified atom stereocenters. The third-order valence-electron chi connectivity index (χ3n) is 8.94. The minimum Gasteiger partial charge on any atom is -0.497 e. The number of carbonyl (C=O) groups excluding carboxylic acids is 1. The largest absolute Gasteiger partial charge is 0.497 e. The van der Waals surface area contributed by atoms with Crippen LogP contribution >= 0.6 is 0 Å². The number of nitrogens with one attached hydrogen (secondary N) is 1. The molecule has 0 radical (unpaired) electrons. The Kier molecular flexibility index (Phi) is 10.1. The summed E-state index contributed by atoms with van der Waals surface area (Å²) < 4.78 is 33.0. The molecule has 0 aromatic heterocycles. The van der Waals surface area contributed by atoms with Crippen LogP contribution in [0.4, 0.5) is 0 Å². The van der Waals surface area contributed by atoms with Gasteiger partial charge in [0, 0.05) is 38.6 Å². The van der Waals surface area contributed by atoms with E-state index in [1.165, 1.54) is 62.7 Å². The predicted molar refractivity (Wildman–Crippen MR) is 151 cm³/mol. The molecule has 8 nitrogen and oxygen atoms in total. The lowest BCUT2D eigenvalue weighted by Crippen LogP contribution is -2.44. The number of aryl methyl sites for hydroxylation is 2. The summed E-state index contributed by atoms with van der Waals surface area (Å²) in [5.41, 5.74) is 1.29. The van der Waals surface area contributed by atoms with E-state index in [1.54, 1.807) is 40.1 Å². The minimum absolute atomic E-state index is 0.0678. The summed E-state index contributed by atoms with van der Waals surface area (Å²) in [4.78, 5) is 18.3.